The molecule has 19 heavy (non-hydrogen) atoms. The van der Waals surface area contributed by atoms with Crippen molar-refractivity contribution in [1.82, 2.24) is 4.98 Å². The molecule has 2 aromatic rings. The van der Waals surface area contributed by atoms with E-state index in [-0.39, 0.29) is 17.0 Å². The molecule has 0 spiro atoms. The smallest absolute Gasteiger partial charge is 0.184 e. The average molecular weight is 296 g/mol. The maximum atomic E-state index is 11.6. The summed E-state index contributed by atoms with van der Waals surface area (Å²) in [7, 11) is -2.90. The Morgan fingerprint density at radius 1 is 1.42 bits per heavy atom. The van der Waals surface area contributed by atoms with Gasteiger partial charge in [0.15, 0.2) is 15.0 Å². The lowest BCUT2D eigenvalue weighted by Crippen LogP contribution is -2.35. The molecule has 1 N–H and O–H groups in total. The number of anilines is 1. The summed E-state index contributed by atoms with van der Waals surface area (Å²) in [5, 5.41) is 4.13. The lowest BCUT2D eigenvalue weighted by Gasteiger charge is -2.23. The SMILES string of the molecule is Cc1cccc2sc(NC3(C)CCS(=O)(=O)C3)nc12. The van der Waals surface area contributed by atoms with Crippen molar-refractivity contribution in [3.8, 4) is 0 Å². The molecule has 1 aromatic heterocycles. The van der Waals surface area contributed by atoms with Crippen molar-refractivity contribution in [3.05, 3.63) is 23.8 Å². The Labute approximate surface area is 116 Å². The van der Waals surface area contributed by atoms with Gasteiger partial charge in [-0.15, -0.1) is 0 Å². The minimum absolute atomic E-state index is 0.189. The zero-order valence-electron chi connectivity index (χ0n) is 10.9. The number of sulfone groups is 1. The maximum Gasteiger partial charge on any atom is 0.184 e. The summed E-state index contributed by atoms with van der Waals surface area (Å²) in [6, 6.07) is 6.09. The molecular formula is C13H16N2O2S2. The largest absolute Gasteiger partial charge is 0.355 e. The monoisotopic (exact) mass is 296 g/mol. The molecule has 1 aliphatic rings. The quantitative estimate of drug-likeness (QED) is 0.925. The fourth-order valence-electron chi connectivity index (χ4n) is 2.51. The predicted octanol–water partition coefficient (Wildman–Crippen LogP) is 2.59. The van der Waals surface area contributed by atoms with Crippen molar-refractivity contribution in [2.24, 2.45) is 0 Å². The standard InChI is InChI=1S/C13H16N2O2S2/c1-9-4-3-5-10-11(9)14-12(18-10)15-13(2)6-7-19(16,17)8-13/h3-5H,6-8H2,1-2H3,(H,14,15). The molecule has 1 unspecified atom stereocenters. The number of aromatic nitrogens is 1. The van der Waals surface area contributed by atoms with Crippen LogP contribution in [0.15, 0.2) is 18.2 Å². The highest BCUT2D eigenvalue weighted by Gasteiger charge is 2.38. The van der Waals surface area contributed by atoms with Crippen LogP contribution in [0, 0.1) is 6.92 Å². The van der Waals surface area contributed by atoms with Gasteiger partial charge in [0.25, 0.3) is 0 Å². The number of rotatable bonds is 2. The van der Waals surface area contributed by atoms with Crippen molar-refractivity contribution in [1.29, 1.82) is 0 Å². The van der Waals surface area contributed by atoms with Crippen LogP contribution in [-0.2, 0) is 9.84 Å². The van der Waals surface area contributed by atoms with Gasteiger partial charge in [-0.2, -0.15) is 0 Å². The van der Waals surface area contributed by atoms with Crippen LogP contribution < -0.4 is 5.32 Å². The molecule has 102 valence electrons. The Kier molecular flexibility index (Phi) is 2.83. The summed E-state index contributed by atoms with van der Waals surface area (Å²) in [6.45, 7) is 3.99. The van der Waals surface area contributed by atoms with Gasteiger partial charge in [0.2, 0.25) is 0 Å². The van der Waals surface area contributed by atoms with Gasteiger partial charge < -0.3 is 5.32 Å². The highest BCUT2D eigenvalue weighted by molar-refractivity contribution is 7.91. The second-order valence-corrected chi connectivity index (χ2v) is 8.68. The van der Waals surface area contributed by atoms with Crippen LogP contribution >= 0.6 is 11.3 Å². The third-order valence-corrected chi connectivity index (χ3v) is 6.37. The van der Waals surface area contributed by atoms with E-state index in [9.17, 15) is 8.42 Å². The number of thiazole rings is 1. The van der Waals surface area contributed by atoms with Gasteiger partial charge in [-0.3, -0.25) is 0 Å². The van der Waals surface area contributed by atoms with Gasteiger partial charge >= 0.3 is 0 Å². The normalized spacial score (nSPS) is 25.8. The molecule has 0 saturated carbocycles. The summed E-state index contributed by atoms with van der Waals surface area (Å²) >= 11 is 1.58. The Bertz CT molecular complexity index is 736. The van der Waals surface area contributed by atoms with E-state index in [4.69, 9.17) is 0 Å². The lowest BCUT2D eigenvalue weighted by molar-refractivity contribution is 0.574. The predicted molar refractivity (Wildman–Crippen MR) is 79.7 cm³/mol. The highest BCUT2D eigenvalue weighted by Crippen LogP contribution is 2.33. The van der Waals surface area contributed by atoms with Crippen molar-refractivity contribution < 1.29 is 8.42 Å². The van der Waals surface area contributed by atoms with Gasteiger partial charge in [0.05, 0.1) is 27.3 Å². The zero-order valence-corrected chi connectivity index (χ0v) is 12.6. The van der Waals surface area contributed by atoms with Crippen molar-refractivity contribution in [2.75, 3.05) is 16.8 Å². The van der Waals surface area contributed by atoms with Gasteiger partial charge in [-0.25, -0.2) is 13.4 Å². The fraction of sp³-hybridized carbons (Fsp3) is 0.462. The molecule has 0 bridgehead atoms. The fourth-order valence-corrected chi connectivity index (χ4v) is 5.69. The van der Waals surface area contributed by atoms with E-state index in [1.165, 1.54) is 0 Å². The van der Waals surface area contributed by atoms with Gasteiger partial charge in [0, 0.05) is 0 Å². The van der Waals surface area contributed by atoms with Crippen LogP contribution in [0.2, 0.25) is 0 Å². The summed E-state index contributed by atoms with van der Waals surface area (Å²) in [6.07, 6.45) is 0.643. The third kappa shape index (κ3) is 2.47. The molecule has 1 aliphatic heterocycles. The van der Waals surface area contributed by atoms with Crippen LogP contribution in [-0.4, -0.2) is 30.4 Å². The van der Waals surface area contributed by atoms with E-state index in [2.05, 4.69) is 10.3 Å². The average Bonchev–Trinajstić information content (AvgIpc) is 2.81. The lowest BCUT2D eigenvalue weighted by atomic mass is 10.0. The Morgan fingerprint density at radius 2 is 2.21 bits per heavy atom. The molecule has 1 fully saturated rings. The first kappa shape index (κ1) is 12.9. The van der Waals surface area contributed by atoms with E-state index in [0.717, 1.165) is 20.9 Å². The van der Waals surface area contributed by atoms with Crippen molar-refractivity contribution >= 4 is 36.5 Å². The summed E-state index contributed by atoms with van der Waals surface area (Å²) < 4.78 is 24.3. The van der Waals surface area contributed by atoms with E-state index in [1.54, 1.807) is 11.3 Å². The molecule has 3 rings (SSSR count). The van der Waals surface area contributed by atoms with Crippen LogP contribution in [0.4, 0.5) is 5.13 Å². The summed E-state index contributed by atoms with van der Waals surface area (Å²) in [4.78, 5) is 4.58. The second-order valence-electron chi connectivity index (χ2n) is 5.47. The first-order valence-corrected chi connectivity index (χ1v) is 8.86. The van der Waals surface area contributed by atoms with E-state index >= 15 is 0 Å². The number of hydrogen-bond acceptors (Lipinski definition) is 5. The van der Waals surface area contributed by atoms with Crippen LogP contribution in [0.3, 0.4) is 0 Å². The van der Waals surface area contributed by atoms with Crippen LogP contribution in [0.5, 0.6) is 0 Å². The van der Waals surface area contributed by atoms with Crippen LogP contribution in [0.25, 0.3) is 10.2 Å². The molecule has 1 saturated heterocycles. The van der Waals surface area contributed by atoms with E-state index < -0.39 is 9.84 Å². The van der Waals surface area contributed by atoms with Crippen molar-refractivity contribution in [2.45, 2.75) is 25.8 Å². The topological polar surface area (TPSA) is 59.1 Å². The number of hydrogen-bond donors (Lipinski definition) is 1. The second kappa shape index (κ2) is 4.18. The number of benzene rings is 1. The Morgan fingerprint density at radius 3 is 2.84 bits per heavy atom. The van der Waals surface area contributed by atoms with Crippen LogP contribution in [0.1, 0.15) is 18.9 Å². The number of fused-ring (bicyclic) bond motifs is 1. The molecule has 1 atom stereocenters. The number of nitrogens with zero attached hydrogens (tertiary/aromatic N) is 1. The zero-order chi connectivity index (χ0) is 13.7. The van der Waals surface area contributed by atoms with E-state index in [1.807, 2.05) is 32.0 Å². The molecule has 0 amide bonds. The number of para-hydroxylation sites is 1. The molecule has 2 heterocycles. The van der Waals surface area contributed by atoms with Gasteiger partial charge in [0.1, 0.15) is 0 Å². The summed E-state index contributed by atoms with van der Waals surface area (Å²) in [5.74, 6) is 0.454. The highest BCUT2D eigenvalue weighted by atomic mass is 32.2. The van der Waals surface area contributed by atoms with E-state index in [0.29, 0.717) is 6.42 Å². The molecular weight excluding hydrogens is 280 g/mol. The van der Waals surface area contributed by atoms with Gasteiger partial charge in [-0.05, 0) is 31.9 Å². The molecule has 0 aliphatic carbocycles. The minimum atomic E-state index is -2.90. The number of aryl methyl sites for hydroxylation is 1. The third-order valence-electron chi connectivity index (χ3n) is 3.53. The number of nitrogens with one attached hydrogen (secondary N) is 1. The molecule has 0 radical (unpaired) electrons. The summed E-state index contributed by atoms with van der Waals surface area (Å²) in [5.41, 5.74) is 1.76. The van der Waals surface area contributed by atoms with Gasteiger partial charge in [-0.1, -0.05) is 23.5 Å². The van der Waals surface area contributed by atoms with Crippen molar-refractivity contribution in [3.63, 3.8) is 0 Å². The maximum absolute atomic E-state index is 11.6. The first-order valence-electron chi connectivity index (χ1n) is 6.22. The Balaban J connectivity index is 1.92. The molecule has 1 aromatic carbocycles. The molecule has 6 heteroatoms. The first-order chi connectivity index (χ1) is 8.87. The molecule has 4 nitrogen and oxygen atoms in total. The Hall–Kier alpha value is -1.14. The minimum Gasteiger partial charge on any atom is -0.355 e.